The van der Waals surface area contributed by atoms with Gasteiger partial charge in [0.1, 0.15) is 0 Å². The van der Waals surface area contributed by atoms with Crippen molar-refractivity contribution in [3.8, 4) is 0 Å². The van der Waals surface area contributed by atoms with E-state index in [-0.39, 0.29) is 0 Å². The fraction of sp³-hybridized carbons (Fsp3) is 0.600. The fourth-order valence-corrected chi connectivity index (χ4v) is 2.60. The van der Waals surface area contributed by atoms with Crippen molar-refractivity contribution in [2.24, 2.45) is 5.73 Å². The summed E-state index contributed by atoms with van der Waals surface area (Å²) in [5, 5.41) is 0. The zero-order valence-corrected chi connectivity index (χ0v) is 11.8. The Kier molecular flexibility index (Phi) is 4.12. The SMILES string of the molecule is CC(C)c1ccc2c(c1)N(CCN)CCCN2C. The van der Waals surface area contributed by atoms with Crippen molar-refractivity contribution in [1.82, 2.24) is 0 Å². The molecule has 100 valence electrons. The summed E-state index contributed by atoms with van der Waals surface area (Å²) in [4.78, 5) is 4.79. The third-order valence-corrected chi connectivity index (χ3v) is 3.74. The van der Waals surface area contributed by atoms with Crippen molar-refractivity contribution in [3.63, 3.8) is 0 Å². The normalized spacial score (nSPS) is 15.8. The van der Waals surface area contributed by atoms with E-state index < -0.39 is 0 Å². The van der Waals surface area contributed by atoms with Crippen LogP contribution in [0.25, 0.3) is 0 Å². The molecular formula is C15H25N3. The minimum Gasteiger partial charge on any atom is -0.373 e. The first kappa shape index (κ1) is 13.2. The monoisotopic (exact) mass is 247 g/mol. The van der Waals surface area contributed by atoms with Crippen molar-refractivity contribution in [2.75, 3.05) is 43.0 Å². The van der Waals surface area contributed by atoms with E-state index in [1.807, 2.05) is 0 Å². The van der Waals surface area contributed by atoms with Crippen molar-refractivity contribution < 1.29 is 0 Å². The summed E-state index contributed by atoms with van der Waals surface area (Å²) in [5.41, 5.74) is 9.84. The van der Waals surface area contributed by atoms with Gasteiger partial charge in [-0.3, -0.25) is 0 Å². The molecule has 0 saturated heterocycles. The minimum absolute atomic E-state index is 0.573. The second-order valence-corrected chi connectivity index (χ2v) is 5.45. The lowest BCUT2D eigenvalue weighted by molar-refractivity contribution is 0.740. The molecule has 0 aromatic heterocycles. The number of nitrogens with two attached hydrogens (primary N) is 1. The van der Waals surface area contributed by atoms with Gasteiger partial charge in [-0.25, -0.2) is 0 Å². The van der Waals surface area contributed by atoms with Gasteiger partial charge in [0.25, 0.3) is 0 Å². The van der Waals surface area contributed by atoms with Gasteiger partial charge in [0.15, 0.2) is 0 Å². The Hall–Kier alpha value is -1.22. The van der Waals surface area contributed by atoms with Crippen LogP contribution >= 0.6 is 0 Å². The first-order chi connectivity index (χ1) is 8.63. The Labute approximate surface area is 111 Å². The zero-order valence-electron chi connectivity index (χ0n) is 11.8. The standard InChI is InChI=1S/C15H25N3/c1-12(2)13-5-6-14-15(11-13)18(10-7-16)9-4-8-17(14)3/h5-6,11-12H,4,7-10,16H2,1-3H3. The van der Waals surface area contributed by atoms with Crippen LogP contribution in [0.5, 0.6) is 0 Å². The smallest absolute Gasteiger partial charge is 0.0607 e. The molecule has 0 atom stereocenters. The Bertz CT molecular complexity index is 401. The first-order valence-electron chi connectivity index (χ1n) is 6.93. The summed E-state index contributed by atoms with van der Waals surface area (Å²) < 4.78 is 0. The summed E-state index contributed by atoms with van der Waals surface area (Å²) in [6.07, 6.45) is 1.20. The van der Waals surface area contributed by atoms with Crippen LogP contribution in [-0.4, -0.2) is 33.2 Å². The molecule has 0 aliphatic carbocycles. The van der Waals surface area contributed by atoms with Crippen LogP contribution in [0.2, 0.25) is 0 Å². The van der Waals surface area contributed by atoms with Gasteiger partial charge in [-0.1, -0.05) is 19.9 Å². The molecule has 18 heavy (non-hydrogen) atoms. The largest absolute Gasteiger partial charge is 0.373 e. The molecular weight excluding hydrogens is 222 g/mol. The topological polar surface area (TPSA) is 32.5 Å². The lowest BCUT2D eigenvalue weighted by Crippen LogP contribution is -2.30. The lowest BCUT2D eigenvalue weighted by atomic mass is 10.0. The van der Waals surface area contributed by atoms with E-state index in [0.29, 0.717) is 5.92 Å². The molecule has 0 saturated carbocycles. The van der Waals surface area contributed by atoms with Crippen molar-refractivity contribution in [3.05, 3.63) is 23.8 Å². The number of hydrogen-bond donors (Lipinski definition) is 1. The van der Waals surface area contributed by atoms with E-state index in [1.54, 1.807) is 0 Å². The Morgan fingerprint density at radius 2 is 2.00 bits per heavy atom. The van der Waals surface area contributed by atoms with Crippen LogP contribution in [0.1, 0.15) is 31.7 Å². The Balaban J connectivity index is 2.42. The molecule has 0 fully saturated rings. The Morgan fingerprint density at radius 1 is 1.22 bits per heavy atom. The van der Waals surface area contributed by atoms with Crippen LogP contribution in [-0.2, 0) is 0 Å². The molecule has 0 bridgehead atoms. The van der Waals surface area contributed by atoms with Crippen molar-refractivity contribution in [2.45, 2.75) is 26.2 Å². The number of nitrogens with zero attached hydrogens (tertiary/aromatic N) is 2. The van der Waals surface area contributed by atoms with Crippen molar-refractivity contribution >= 4 is 11.4 Å². The second kappa shape index (κ2) is 5.61. The molecule has 2 N–H and O–H groups in total. The van der Waals surface area contributed by atoms with Crippen LogP contribution in [0.3, 0.4) is 0 Å². The van der Waals surface area contributed by atoms with Crippen LogP contribution < -0.4 is 15.5 Å². The Morgan fingerprint density at radius 3 is 2.67 bits per heavy atom. The molecule has 1 aromatic carbocycles. The molecule has 3 heteroatoms. The molecule has 1 aliphatic rings. The van der Waals surface area contributed by atoms with Crippen molar-refractivity contribution in [1.29, 1.82) is 0 Å². The molecule has 0 unspecified atom stereocenters. The fourth-order valence-electron chi connectivity index (χ4n) is 2.60. The predicted molar refractivity (Wildman–Crippen MR) is 79.7 cm³/mol. The molecule has 2 rings (SSSR count). The maximum atomic E-state index is 5.74. The summed E-state index contributed by atoms with van der Waals surface area (Å²) in [6, 6.07) is 6.86. The maximum absolute atomic E-state index is 5.74. The van der Waals surface area contributed by atoms with Gasteiger partial charge in [-0.15, -0.1) is 0 Å². The van der Waals surface area contributed by atoms with Gasteiger partial charge in [0.05, 0.1) is 11.4 Å². The molecule has 0 spiro atoms. The van der Waals surface area contributed by atoms with Gasteiger partial charge in [-0.2, -0.15) is 0 Å². The molecule has 3 nitrogen and oxygen atoms in total. The zero-order chi connectivity index (χ0) is 13.1. The van der Waals surface area contributed by atoms with Gasteiger partial charge in [0.2, 0.25) is 0 Å². The van der Waals surface area contributed by atoms with E-state index in [4.69, 9.17) is 5.73 Å². The minimum atomic E-state index is 0.573. The molecule has 1 aromatic rings. The number of anilines is 2. The highest BCUT2D eigenvalue weighted by atomic mass is 15.2. The summed E-state index contributed by atoms with van der Waals surface area (Å²) in [5.74, 6) is 0.573. The van der Waals surface area contributed by atoms with Gasteiger partial charge < -0.3 is 15.5 Å². The molecule has 0 radical (unpaired) electrons. The van der Waals surface area contributed by atoms with Gasteiger partial charge in [0, 0.05) is 33.2 Å². The molecule has 0 amide bonds. The molecule has 1 heterocycles. The predicted octanol–water partition coefficient (Wildman–Crippen LogP) is 2.42. The van der Waals surface area contributed by atoms with E-state index in [1.165, 1.54) is 23.4 Å². The summed E-state index contributed by atoms with van der Waals surface area (Å²) in [6.45, 7) is 8.38. The highest BCUT2D eigenvalue weighted by Gasteiger charge is 2.18. The highest BCUT2D eigenvalue weighted by molar-refractivity contribution is 5.73. The number of hydrogen-bond acceptors (Lipinski definition) is 3. The lowest BCUT2D eigenvalue weighted by Gasteiger charge is -2.26. The van der Waals surface area contributed by atoms with Crippen LogP contribution in [0.15, 0.2) is 18.2 Å². The number of rotatable bonds is 3. The van der Waals surface area contributed by atoms with Gasteiger partial charge in [-0.05, 0) is 30.0 Å². The van der Waals surface area contributed by atoms with Gasteiger partial charge >= 0.3 is 0 Å². The van der Waals surface area contributed by atoms with Crippen LogP contribution in [0, 0.1) is 0 Å². The van der Waals surface area contributed by atoms with E-state index in [9.17, 15) is 0 Å². The quantitative estimate of drug-likeness (QED) is 0.890. The summed E-state index contributed by atoms with van der Waals surface area (Å²) >= 11 is 0. The molecule has 1 aliphatic heterocycles. The maximum Gasteiger partial charge on any atom is 0.0607 e. The third-order valence-electron chi connectivity index (χ3n) is 3.74. The third kappa shape index (κ3) is 2.61. The number of fused-ring (bicyclic) bond motifs is 1. The number of benzene rings is 1. The van der Waals surface area contributed by atoms with E-state index in [2.05, 4.69) is 48.9 Å². The highest BCUT2D eigenvalue weighted by Crippen LogP contribution is 2.34. The second-order valence-electron chi connectivity index (χ2n) is 5.45. The van der Waals surface area contributed by atoms with E-state index >= 15 is 0 Å². The average molecular weight is 247 g/mol. The summed E-state index contributed by atoms with van der Waals surface area (Å²) in [7, 11) is 2.18. The first-order valence-corrected chi connectivity index (χ1v) is 6.93. The van der Waals surface area contributed by atoms with Crippen LogP contribution in [0.4, 0.5) is 11.4 Å². The average Bonchev–Trinajstić information content (AvgIpc) is 2.50. The van der Waals surface area contributed by atoms with E-state index in [0.717, 1.165) is 26.2 Å².